The summed E-state index contributed by atoms with van der Waals surface area (Å²) in [6.45, 7) is 6.80. The third kappa shape index (κ3) is 4.87. The highest BCUT2D eigenvalue weighted by molar-refractivity contribution is 6.17. The fourth-order valence-electron chi connectivity index (χ4n) is 3.84. The maximum Gasteiger partial charge on any atom is 0.309 e. The van der Waals surface area contributed by atoms with Gasteiger partial charge in [0.15, 0.2) is 0 Å². The first-order valence-electron chi connectivity index (χ1n) is 8.79. The van der Waals surface area contributed by atoms with Crippen LogP contribution in [0, 0.1) is 29.6 Å². The Labute approximate surface area is 135 Å². The third-order valence-corrected chi connectivity index (χ3v) is 5.68. The summed E-state index contributed by atoms with van der Waals surface area (Å²) in [5.74, 6) is 3.42. The summed E-state index contributed by atoms with van der Waals surface area (Å²) in [4.78, 5) is 12.3. The lowest BCUT2D eigenvalue weighted by molar-refractivity contribution is -0.158. The monoisotopic (exact) mass is 314 g/mol. The molecule has 0 bridgehead atoms. The van der Waals surface area contributed by atoms with Crippen molar-refractivity contribution >= 4 is 17.6 Å². The normalized spacial score (nSPS) is 35.8. The Hall–Kier alpha value is -0.240. The van der Waals surface area contributed by atoms with Crippen LogP contribution >= 0.6 is 11.6 Å². The van der Waals surface area contributed by atoms with Crippen LogP contribution in [0.5, 0.6) is 0 Å². The molecule has 2 aliphatic carbocycles. The molecule has 2 fully saturated rings. The first-order valence-corrected chi connectivity index (χ1v) is 9.32. The van der Waals surface area contributed by atoms with Gasteiger partial charge in [-0.3, -0.25) is 4.79 Å². The SMILES string of the molecule is CC1CCC(C(C)C)C(OC(=O)C2CC2CCCCCl)C1. The molecule has 122 valence electrons. The molecule has 0 spiro atoms. The molecule has 3 heteroatoms. The van der Waals surface area contributed by atoms with Crippen LogP contribution in [0.25, 0.3) is 0 Å². The van der Waals surface area contributed by atoms with E-state index in [0.29, 0.717) is 23.7 Å². The number of halogens is 1. The first-order chi connectivity index (χ1) is 10.0. The van der Waals surface area contributed by atoms with Crippen LogP contribution in [0.4, 0.5) is 0 Å². The molecular weight excluding hydrogens is 284 g/mol. The van der Waals surface area contributed by atoms with E-state index in [0.717, 1.165) is 38.0 Å². The maximum absolute atomic E-state index is 12.3. The lowest BCUT2D eigenvalue weighted by atomic mass is 9.75. The zero-order valence-electron chi connectivity index (χ0n) is 13.8. The average molecular weight is 315 g/mol. The Balaban J connectivity index is 1.78. The molecule has 0 aliphatic heterocycles. The number of carbonyl (C=O) groups excluding carboxylic acids is 1. The fraction of sp³-hybridized carbons (Fsp3) is 0.944. The molecule has 0 aromatic rings. The van der Waals surface area contributed by atoms with E-state index in [4.69, 9.17) is 16.3 Å². The zero-order chi connectivity index (χ0) is 15.4. The van der Waals surface area contributed by atoms with Crippen molar-refractivity contribution in [3.05, 3.63) is 0 Å². The minimum atomic E-state index is 0.0793. The summed E-state index contributed by atoms with van der Waals surface area (Å²) in [6.07, 6.45) is 8.09. The van der Waals surface area contributed by atoms with Gasteiger partial charge in [-0.05, 0) is 55.8 Å². The molecule has 5 unspecified atom stereocenters. The van der Waals surface area contributed by atoms with Crippen LogP contribution in [0.2, 0.25) is 0 Å². The summed E-state index contributed by atoms with van der Waals surface area (Å²) < 4.78 is 5.93. The van der Waals surface area contributed by atoms with Gasteiger partial charge in [-0.15, -0.1) is 11.6 Å². The molecule has 2 aliphatic rings. The molecule has 0 heterocycles. The molecule has 0 saturated heterocycles. The van der Waals surface area contributed by atoms with Crippen LogP contribution in [0.3, 0.4) is 0 Å². The van der Waals surface area contributed by atoms with Gasteiger partial charge < -0.3 is 4.74 Å². The first kappa shape index (κ1) is 17.1. The molecule has 0 aromatic carbocycles. The van der Waals surface area contributed by atoms with Crippen LogP contribution in [0.15, 0.2) is 0 Å². The number of carbonyl (C=O) groups is 1. The largest absolute Gasteiger partial charge is 0.462 e. The van der Waals surface area contributed by atoms with Crippen molar-refractivity contribution in [2.24, 2.45) is 29.6 Å². The van der Waals surface area contributed by atoms with Gasteiger partial charge in [0.25, 0.3) is 0 Å². The van der Waals surface area contributed by atoms with Crippen molar-refractivity contribution in [3.8, 4) is 0 Å². The maximum atomic E-state index is 12.3. The van der Waals surface area contributed by atoms with E-state index in [2.05, 4.69) is 20.8 Å². The van der Waals surface area contributed by atoms with Crippen molar-refractivity contribution in [1.82, 2.24) is 0 Å². The number of ether oxygens (including phenoxy) is 1. The van der Waals surface area contributed by atoms with Crippen LogP contribution in [-0.2, 0) is 9.53 Å². The van der Waals surface area contributed by atoms with Crippen molar-refractivity contribution in [2.45, 2.75) is 71.8 Å². The van der Waals surface area contributed by atoms with Gasteiger partial charge >= 0.3 is 5.97 Å². The Morgan fingerprint density at radius 2 is 2.00 bits per heavy atom. The fourth-order valence-corrected chi connectivity index (χ4v) is 4.03. The number of alkyl halides is 1. The zero-order valence-corrected chi connectivity index (χ0v) is 14.6. The Kier molecular flexibility index (Phi) is 6.40. The number of hydrogen-bond donors (Lipinski definition) is 0. The summed E-state index contributed by atoms with van der Waals surface area (Å²) in [6, 6.07) is 0. The summed E-state index contributed by atoms with van der Waals surface area (Å²) >= 11 is 5.70. The predicted molar refractivity (Wildman–Crippen MR) is 87.4 cm³/mol. The molecule has 21 heavy (non-hydrogen) atoms. The molecule has 2 saturated carbocycles. The number of hydrogen-bond acceptors (Lipinski definition) is 2. The summed E-state index contributed by atoms with van der Waals surface area (Å²) in [5, 5.41) is 0. The van der Waals surface area contributed by atoms with E-state index in [1.807, 2.05) is 0 Å². The molecular formula is C18H31ClO2. The topological polar surface area (TPSA) is 26.3 Å². The second-order valence-electron chi connectivity index (χ2n) is 7.59. The van der Waals surface area contributed by atoms with Gasteiger partial charge in [-0.1, -0.05) is 33.6 Å². The number of unbranched alkanes of at least 4 members (excludes halogenated alkanes) is 1. The van der Waals surface area contributed by atoms with Crippen molar-refractivity contribution in [3.63, 3.8) is 0 Å². The van der Waals surface area contributed by atoms with E-state index in [-0.39, 0.29) is 18.0 Å². The summed E-state index contributed by atoms with van der Waals surface area (Å²) in [7, 11) is 0. The predicted octanol–water partition coefficient (Wildman–Crippen LogP) is 5.04. The van der Waals surface area contributed by atoms with Gasteiger partial charge in [0.05, 0.1) is 5.92 Å². The van der Waals surface area contributed by atoms with Gasteiger partial charge in [-0.2, -0.15) is 0 Å². The molecule has 0 radical (unpaired) electrons. The van der Waals surface area contributed by atoms with Crippen LogP contribution < -0.4 is 0 Å². The van der Waals surface area contributed by atoms with Gasteiger partial charge in [-0.25, -0.2) is 0 Å². The number of esters is 1. The van der Waals surface area contributed by atoms with Crippen molar-refractivity contribution in [1.29, 1.82) is 0 Å². The highest BCUT2D eigenvalue weighted by atomic mass is 35.5. The van der Waals surface area contributed by atoms with E-state index in [1.165, 1.54) is 12.8 Å². The summed E-state index contributed by atoms with van der Waals surface area (Å²) in [5.41, 5.74) is 0. The third-order valence-electron chi connectivity index (χ3n) is 5.41. The minimum Gasteiger partial charge on any atom is -0.462 e. The molecule has 2 nitrogen and oxygen atoms in total. The lowest BCUT2D eigenvalue weighted by Gasteiger charge is -2.36. The Morgan fingerprint density at radius 3 is 2.67 bits per heavy atom. The van der Waals surface area contributed by atoms with Crippen LogP contribution in [0.1, 0.15) is 65.7 Å². The van der Waals surface area contributed by atoms with E-state index in [1.54, 1.807) is 0 Å². The van der Waals surface area contributed by atoms with E-state index >= 15 is 0 Å². The van der Waals surface area contributed by atoms with E-state index < -0.39 is 0 Å². The van der Waals surface area contributed by atoms with Gasteiger partial charge in [0.1, 0.15) is 6.10 Å². The second-order valence-corrected chi connectivity index (χ2v) is 7.97. The van der Waals surface area contributed by atoms with Crippen molar-refractivity contribution in [2.75, 3.05) is 5.88 Å². The molecule has 0 N–H and O–H groups in total. The average Bonchev–Trinajstić information content (AvgIpc) is 3.18. The van der Waals surface area contributed by atoms with E-state index in [9.17, 15) is 4.79 Å². The molecule has 5 atom stereocenters. The Morgan fingerprint density at radius 1 is 1.24 bits per heavy atom. The van der Waals surface area contributed by atoms with Crippen molar-refractivity contribution < 1.29 is 9.53 Å². The smallest absolute Gasteiger partial charge is 0.309 e. The number of rotatable bonds is 7. The molecule has 0 amide bonds. The second kappa shape index (κ2) is 7.85. The van der Waals surface area contributed by atoms with Crippen LogP contribution in [-0.4, -0.2) is 18.0 Å². The standard InChI is InChI=1S/C18H31ClO2/c1-12(2)15-8-7-13(3)10-17(15)21-18(20)16-11-14(16)6-4-5-9-19/h12-17H,4-11H2,1-3H3. The van der Waals surface area contributed by atoms with Gasteiger partial charge in [0.2, 0.25) is 0 Å². The van der Waals surface area contributed by atoms with Gasteiger partial charge in [0, 0.05) is 5.88 Å². The molecule has 0 aromatic heterocycles. The highest BCUT2D eigenvalue weighted by Crippen LogP contribution is 2.44. The highest BCUT2D eigenvalue weighted by Gasteiger charge is 2.45. The Bertz CT molecular complexity index is 342. The quantitative estimate of drug-likeness (QED) is 0.374. The lowest BCUT2D eigenvalue weighted by Crippen LogP contribution is -2.36. The minimum absolute atomic E-state index is 0.0793. The molecule has 2 rings (SSSR count).